The third kappa shape index (κ3) is 1.90. The van der Waals surface area contributed by atoms with Crippen molar-refractivity contribution in [3.05, 3.63) is 28.8 Å². The van der Waals surface area contributed by atoms with Gasteiger partial charge in [0.05, 0.1) is 0 Å². The largest absolute Gasteiger partial charge is 0.507 e. The van der Waals surface area contributed by atoms with Crippen LogP contribution in [0.3, 0.4) is 0 Å². The molecule has 5 rings (SSSR count). The molecule has 1 aromatic rings. The second kappa shape index (κ2) is 4.76. The van der Waals surface area contributed by atoms with Gasteiger partial charge in [-0.1, -0.05) is 30.5 Å². The maximum Gasteiger partial charge on any atom is 0.122 e. The van der Waals surface area contributed by atoms with Crippen molar-refractivity contribution in [2.75, 3.05) is 0 Å². The van der Waals surface area contributed by atoms with Crippen LogP contribution in [0, 0.1) is 30.6 Å². The van der Waals surface area contributed by atoms with Crippen LogP contribution in [0.15, 0.2) is 12.1 Å². The van der Waals surface area contributed by atoms with Gasteiger partial charge in [-0.3, -0.25) is 0 Å². The molecule has 4 fully saturated rings. The van der Waals surface area contributed by atoms with Crippen molar-refractivity contribution in [2.45, 2.75) is 70.1 Å². The lowest BCUT2D eigenvalue weighted by atomic mass is 9.77. The normalized spacial score (nSPS) is 42.4. The smallest absolute Gasteiger partial charge is 0.122 e. The Kier molecular flexibility index (Phi) is 2.91. The van der Waals surface area contributed by atoms with Gasteiger partial charge in [0.2, 0.25) is 0 Å². The van der Waals surface area contributed by atoms with Gasteiger partial charge in [-0.15, -0.1) is 0 Å². The summed E-state index contributed by atoms with van der Waals surface area (Å²) in [7, 11) is 0. The molecular formula is C21H28O. The Morgan fingerprint density at radius 3 is 1.64 bits per heavy atom. The van der Waals surface area contributed by atoms with Crippen LogP contribution >= 0.6 is 0 Å². The molecule has 1 N–H and O–H groups in total. The van der Waals surface area contributed by atoms with Crippen LogP contribution in [0.5, 0.6) is 5.75 Å². The van der Waals surface area contributed by atoms with Crippen LogP contribution in [-0.4, -0.2) is 5.11 Å². The maximum atomic E-state index is 11.1. The zero-order chi connectivity index (χ0) is 14.8. The highest BCUT2D eigenvalue weighted by Gasteiger charge is 2.44. The molecule has 6 atom stereocenters. The van der Waals surface area contributed by atoms with E-state index in [-0.39, 0.29) is 0 Å². The fourth-order valence-corrected chi connectivity index (χ4v) is 6.65. The molecule has 0 aromatic heterocycles. The highest BCUT2D eigenvalue weighted by atomic mass is 16.3. The topological polar surface area (TPSA) is 20.2 Å². The van der Waals surface area contributed by atoms with Crippen LogP contribution in [0.25, 0.3) is 0 Å². The van der Waals surface area contributed by atoms with Gasteiger partial charge in [-0.05, 0) is 92.1 Å². The predicted octanol–water partition coefficient (Wildman–Crippen LogP) is 5.51. The summed E-state index contributed by atoms with van der Waals surface area (Å²) < 4.78 is 0. The van der Waals surface area contributed by atoms with E-state index in [0.717, 1.165) is 23.7 Å². The summed E-state index contributed by atoms with van der Waals surface area (Å²) in [6.45, 7) is 2.23. The lowest BCUT2D eigenvalue weighted by molar-refractivity contribution is 0.376. The Morgan fingerprint density at radius 2 is 1.27 bits per heavy atom. The van der Waals surface area contributed by atoms with E-state index >= 15 is 0 Å². The van der Waals surface area contributed by atoms with Gasteiger partial charge in [0.1, 0.15) is 5.75 Å². The first-order valence-electron chi connectivity index (χ1n) is 9.52. The van der Waals surface area contributed by atoms with E-state index in [1.807, 2.05) is 0 Å². The molecule has 0 saturated heterocycles. The molecule has 22 heavy (non-hydrogen) atoms. The lowest BCUT2D eigenvalue weighted by Gasteiger charge is -2.28. The van der Waals surface area contributed by atoms with Gasteiger partial charge in [0, 0.05) is 0 Å². The monoisotopic (exact) mass is 296 g/mol. The van der Waals surface area contributed by atoms with Gasteiger partial charge in [0.25, 0.3) is 0 Å². The number of phenols is 1. The number of benzene rings is 1. The number of hydrogen-bond donors (Lipinski definition) is 1. The molecule has 0 radical (unpaired) electrons. The molecular weight excluding hydrogens is 268 g/mol. The van der Waals surface area contributed by atoms with E-state index in [0.29, 0.717) is 17.6 Å². The SMILES string of the molecule is Cc1cc([C@@H]2C[C@@H]3CC[C@@H]2C3)c(O)c([C@@H]2C[C@H]3CC[C@@H]2C3)c1. The summed E-state index contributed by atoms with van der Waals surface area (Å²) in [5.74, 6) is 5.59. The lowest BCUT2D eigenvalue weighted by Crippen LogP contribution is -2.13. The molecule has 0 unspecified atom stereocenters. The fraction of sp³-hybridized carbons (Fsp3) is 0.714. The van der Waals surface area contributed by atoms with Crippen molar-refractivity contribution in [2.24, 2.45) is 23.7 Å². The van der Waals surface area contributed by atoms with E-state index in [1.165, 1.54) is 68.1 Å². The first-order valence-corrected chi connectivity index (χ1v) is 9.52. The van der Waals surface area contributed by atoms with Crippen LogP contribution in [0.1, 0.15) is 79.9 Å². The maximum absolute atomic E-state index is 11.1. The number of rotatable bonds is 2. The molecule has 0 spiro atoms. The van der Waals surface area contributed by atoms with Crippen LogP contribution in [-0.2, 0) is 0 Å². The second-order valence-corrected chi connectivity index (χ2v) is 8.85. The zero-order valence-electron chi connectivity index (χ0n) is 13.7. The van der Waals surface area contributed by atoms with E-state index in [2.05, 4.69) is 19.1 Å². The minimum Gasteiger partial charge on any atom is -0.507 e. The van der Waals surface area contributed by atoms with E-state index in [4.69, 9.17) is 0 Å². The third-order valence-electron chi connectivity index (χ3n) is 7.59. The summed E-state index contributed by atoms with van der Waals surface area (Å²) in [5, 5.41) is 11.1. The highest BCUT2D eigenvalue weighted by Crippen LogP contribution is 2.58. The minimum atomic E-state index is 0.649. The van der Waals surface area contributed by atoms with E-state index in [9.17, 15) is 5.11 Å². The summed E-state index contributed by atoms with van der Waals surface area (Å²) >= 11 is 0. The Balaban J connectivity index is 1.53. The van der Waals surface area contributed by atoms with Gasteiger partial charge < -0.3 is 5.11 Å². The molecule has 0 heterocycles. The summed E-state index contributed by atoms with van der Waals surface area (Å²) in [6.07, 6.45) is 11.2. The molecule has 118 valence electrons. The Labute approximate surface area is 134 Å². The van der Waals surface area contributed by atoms with Gasteiger partial charge in [0.15, 0.2) is 0 Å². The van der Waals surface area contributed by atoms with E-state index in [1.54, 1.807) is 0 Å². The third-order valence-corrected chi connectivity index (χ3v) is 7.59. The number of aryl methyl sites for hydroxylation is 1. The zero-order valence-corrected chi connectivity index (χ0v) is 13.7. The van der Waals surface area contributed by atoms with Crippen molar-refractivity contribution in [1.29, 1.82) is 0 Å². The van der Waals surface area contributed by atoms with Crippen molar-refractivity contribution in [1.82, 2.24) is 0 Å². The molecule has 1 nitrogen and oxygen atoms in total. The average molecular weight is 296 g/mol. The van der Waals surface area contributed by atoms with Crippen molar-refractivity contribution >= 4 is 0 Å². The van der Waals surface area contributed by atoms with E-state index < -0.39 is 0 Å². The van der Waals surface area contributed by atoms with Gasteiger partial charge in [-0.2, -0.15) is 0 Å². The molecule has 4 saturated carbocycles. The first kappa shape index (κ1) is 13.5. The molecule has 0 aliphatic heterocycles. The predicted molar refractivity (Wildman–Crippen MR) is 89.2 cm³/mol. The molecule has 1 heteroatoms. The van der Waals surface area contributed by atoms with Crippen molar-refractivity contribution < 1.29 is 5.11 Å². The summed E-state index contributed by atoms with van der Waals surface area (Å²) in [5.41, 5.74) is 3.99. The van der Waals surface area contributed by atoms with Crippen LogP contribution in [0.2, 0.25) is 0 Å². The molecule has 4 aliphatic rings. The van der Waals surface area contributed by atoms with Gasteiger partial charge >= 0.3 is 0 Å². The standard InChI is InChI=1S/C21H28O/c1-12-6-19(17-10-13-2-4-15(17)8-13)21(22)20(7-12)18-11-14-3-5-16(18)9-14/h6-7,13-18,22H,2-5,8-11H2,1H3/t13-,14+,15-,16-,17-,18-/m1/s1. The molecule has 1 aromatic carbocycles. The van der Waals surface area contributed by atoms with Crippen LogP contribution < -0.4 is 0 Å². The fourth-order valence-electron chi connectivity index (χ4n) is 6.65. The Hall–Kier alpha value is -0.980. The van der Waals surface area contributed by atoms with Crippen molar-refractivity contribution in [3.63, 3.8) is 0 Å². The number of phenolic OH excluding ortho intramolecular Hbond substituents is 1. The first-order chi connectivity index (χ1) is 10.7. The number of fused-ring (bicyclic) bond motifs is 4. The quantitative estimate of drug-likeness (QED) is 0.763. The Bertz CT molecular complexity index is 555. The van der Waals surface area contributed by atoms with Crippen LogP contribution in [0.4, 0.5) is 0 Å². The molecule has 0 amide bonds. The van der Waals surface area contributed by atoms with Crippen molar-refractivity contribution in [3.8, 4) is 5.75 Å². The summed E-state index contributed by atoms with van der Waals surface area (Å²) in [6, 6.07) is 4.61. The van der Waals surface area contributed by atoms with Gasteiger partial charge in [-0.25, -0.2) is 0 Å². The molecule has 4 aliphatic carbocycles. The number of hydrogen-bond acceptors (Lipinski definition) is 1. The average Bonchev–Trinajstić information content (AvgIpc) is 3.29. The highest BCUT2D eigenvalue weighted by molar-refractivity contribution is 5.48. The minimum absolute atomic E-state index is 0.649. The summed E-state index contributed by atoms with van der Waals surface area (Å²) in [4.78, 5) is 0. The second-order valence-electron chi connectivity index (χ2n) is 8.85. The number of aromatic hydroxyl groups is 1. The molecule has 4 bridgehead atoms. The Morgan fingerprint density at radius 1 is 0.773 bits per heavy atom.